The summed E-state index contributed by atoms with van der Waals surface area (Å²) in [4.78, 5) is 4.74. The Kier molecular flexibility index (Phi) is 5.74. The van der Waals surface area contributed by atoms with E-state index in [1.807, 2.05) is 0 Å². The average Bonchev–Trinajstić information content (AvgIpc) is 3.48. The normalized spacial score (nSPS) is 36.9. The van der Waals surface area contributed by atoms with E-state index in [1.54, 1.807) is 0 Å². The Morgan fingerprint density at radius 1 is 0.706 bits per heavy atom. The Morgan fingerprint density at radius 3 is 1.47 bits per heavy atom. The maximum absolute atomic E-state index is 4.52. The van der Waals surface area contributed by atoms with Crippen LogP contribution in [0.15, 0.2) is 98.7 Å². The zero-order chi connectivity index (χ0) is 24.3. The van der Waals surface area contributed by atoms with E-state index in [0.29, 0.717) is 47.3 Å². The molecule has 2 aliphatic heterocycles. The molecular weight excluding hydrogens is 412 g/mol. The van der Waals surface area contributed by atoms with E-state index in [-0.39, 0.29) is 0 Å². The standard InChI is InChI=1S/C32H40N2/c1-9-27-14-19(3)29-21(5)33(23(7)31(27)29)17-25-12-11-13-26(16-25)18-34-22(6)30-20(4)15-28(10-2)32(30)24(34)8/h9-13,16,19-20,27-32H,1-2,5-8,14-15,17-18H2,3-4H3. The lowest BCUT2D eigenvalue weighted by molar-refractivity contribution is 0.388. The number of likely N-dealkylation sites (tertiary alicyclic amines) is 2. The number of hydrogen-bond donors (Lipinski definition) is 0. The van der Waals surface area contributed by atoms with Crippen molar-refractivity contribution in [2.24, 2.45) is 47.3 Å². The third-order valence-electron chi connectivity index (χ3n) is 9.41. The molecule has 178 valence electrons. The predicted octanol–water partition coefficient (Wildman–Crippen LogP) is 7.52. The number of fused-ring (bicyclic) bond motifs is 2. The highest BCUT2D eigenvalue weighted by Crippen LogP contribution is 2.56. The van der Waals surface area contributed by atoms with Gasteiger partial charge in [0.25, 0.3) is 0 Å². The van der Waals surface area contributed by atoms with Crippen molar-refractivity contribution >= 4 is 0 Å². The predicted molar refractivity (Wildman–Crippen MR) is 143 cm³/mol. The Morgan fingerprint density at radius 2 is 1.09 bits per heavy atom. The van der Waals surface area contributed by atoms with Crippen LogP contribution < -0.4 is 0 Å². The second kappa shape index (κ2) is 8.48. The fourth-order valence-corrected chi connectivity index (χ4v) is 7.84. The summed E-state index contributed by atoms with van der Waals surface area (Å²) in [7, 11) is 0. The molecule has 0 amide bonds. The van der Waals surface area contributed by atoms with Crippen LogP contribution in [-0.4, -0.2) is 9.80 Å². The van der Waals surface area contributed by atoms with E-state index < -0.39 is 0 Å². The molecule has 2 aliphatic carbocycles. The summed E-state index contributed by atoms with van der Waals surface area (Å²) in [6.45, 7) is 32.6. The Labute approximate surface area is 206 Å². The summed E-state index contributed by atoms with van der Waals surface area (Å²) in [6, 6.07) is 8.97. The Balaban J connectivity index is 1.32. The molecule has 2 heteroatoms. The molecule has 0 spiro atoms. The van der Waals surface area contributed by atoms with Crippen LogP contribution in [0.5, 0.6) is 0 Å². The third kappa shape index (κ3) is 3.37. The van der Waals surface area contributed by atoms with Gasteiger partial charge in [-0.15, -0.1) is 13.2 Å². The van der Waals surface area contributed by atoms with Gasteiger partial charge in [0.1, 0.15) is 0 Å². The van der Waals surface area contributed by atoms with Gasteiger partial charge in [0.15, 0.2) is 0 Å². The molecule has 4 fully saturated rings. The van der Waals surface area contributed by atoms with Gasteiger partial charge < -0.3 is 9.80 Å². The molecule has 0 bridgehead atoms. The van der Waals surface area contributed by atoms with E-state index in [0.717, 1.165) is 13.1 Å². The van der Waals surface area contributed by atoms with Gasteiger partial charge in [0.2, 0.25) is 0 Å². The van der Waals surface area contributed by atoms with E-state index in [2.05, 4.69) is 99.5 Å². The van der Waals surface area contributed by atoms with Gasteiger partial charge in [-0.25, -0.2) is 0 Å². The number of hydrogen-bond acceptors (Lipinski definition) is 2. The molecule has 4 aliphatic rings. The van der Waals surface area contributed by atoms with Crippen molar-refractivity contribution in [3.05, 3.63) is 110 Å². The zero-order valence-electron chi connectivity index (χ0n) is 21.0. The van der Waals surface area contributed by atoms with Gasteiger partial charge in [-0.3, -0.25) is 0 Å². The quantitative estimate of drug-likeness (QED) is 0.412. The topological polar surface area (TPSA) is 6.48 Å². The highest BCUT2D eigenvalue weighted by molar-refractivity contribution is 5.34. The van der Waals surface area contributed by atoms with Crippen molar-refractivity contribution < 1.29 is 0 Å². The van der Waals surface area contributed by atoms with Gasteiger partial charge in [0.05, 0.1) is 0 Å². The molecule has 8 unspecified atom stereocenters. The highest BCUT2D eigenvalue weighted by atomic mass is 15.2. The summed E-state index contributed by atoms with van der Waals surface area (Å²) < 4.78 is 0. The maximum atomic E-state index is 4.52. The molecular formula is C32H40N2. The van der Waals surface area contributed by atoms with E-state index in [1.165, 1.54) is 46.8 Å². The van der Waals surface area contributed by atoms with Crippen molar-refractivity contribution in [2.75, 3.05) is 0 Å². The van der Waals surface area contributed by atoms with Crippen molar-refractivity contribution in [1.82, 2.24) is 9.80 Å². The monoisotopic (exact) mass is 452 g/mol. The first kappa shape index (κ1) is 23.0. The number of nitrogens with zero attached hydrogens (tertiary/aromatic N) is 2. The first-order chi connectivity index (χ1) is 16.3. The van der Waals surface area contributed by atoms with E-state index in [9.17, 15) is 0 Å². The first-order valence-corrected chi connectivity index (χ1v) is 12.9. The zero-order valence-corrected chi connectivity index (χ0v) is 21.0. The van der Waals surface area contributed by atoms with Crippen LogP contribution in [0.3, 0.4) is 0 Å². The molecule has 2 nitrogen and oxygen atoms in total. The molecule has 2 heterocycles. The molecule has 8 atom stereocenters. The van der Waals surface area contributed by atoms with Crippen LogP contribution >= 0.6 is 0 Å². The lowest BCUT2D eigenvalue weighted by Gasteiger charge is -2.27. The van der Waals surface area contributed by atoms with Crippen LogP contribution in [0, 0.1) is 47.3 Å². The lowest BCUT2D eigenvalue weighted by atomic mass is 9.88. The van der Waals surface area contributed by atoms with E-state index >= 15 is 0 Å². The minimum absolute atomic E-state index is 0.457. The summed E-state index contributed by atoms with van der Waals surface area (Å²) >= 11 is 0. The van der Waals surface area contributed by atoms with Crippen LogP contribution in [0.2, 0.25) is 0 Å². The molecule has 1 aromatic rings. The molecule has 2 saturated heterocycles. The lowest BCUT2D eigenvalue weighted by Crippen LogP contribution is -2.20. The van der Waals surface area contributed by atoms with Gasteiger partial charge in [-0.2, -0.15) is 0 Å². The van der Waals surface area contributed by atoms with Crippen LogP contribution in [0.4, 0.5) is 0 Å². The fraction of sp³-hybridized carbons (Fsp3) is 0.438. The average molecular weight is 453 g/mol. The third-order valence-corrected chi connectivity index (χ3v) is 9.41. The number of benzene rings is 1. The van der Waals surface area contributed by atoms with Gasteiger partial charge in [-0.05, 0) is 47.6 Å². The minimum Gasteiger partial charge on any atom is -0.345 e. The second-order valence-corrected chi connectivity index (χ2v) is 11.3. The fourth-order valence-electron chi connectivity index (χ4n) is 7.84. The van der Waals surface area contributed by atoms with Crippen molar-refractivity contribution in [2.45, 2.75) is 39.8 Å². The van der Waals surface area contributed by atoms with Crippen LogP contribution in [0.1, 0.15) is 37.8 Å². The molecule has 5 rings (SSSR count). The van der Waals surface area contributed by atoms with Crippen LogP contribution in [-0.2, 0) is 13.1 Å². The largest absolute Gasteiger partial charge is 0.345 e. The molecule has 0 N–H and O–H groups in total. The van der Waals surface area contributed by atoms with Crippen molar-refractivity contribution in [1.29, 1.82) is 0 Å². The summed E-state index contributed by atoms with van der Waals surface area (Å²) in [5, 5.41) is 0. The van der Waals surface area contributed by atoms with Gasteiger partial charge >= 0.3 is 0 Å². The Hall–Kier alpha value is -2.74. The number of allylic oxidation sites excluding steroid dienone is 6. The Bertz CT molecular complexity index is 995. The molecule has 2 saturated carbocycles. The highest BCUT2D eigenvalue weighted by Gasteiger charge is 2.51. The van der Waals surface area contributed by atoms with Crippen molar-refractivity contribution in [3.8, 4) is 0 Å². The van der Waals surface area contributed by atoms with E-state index in [4.69, 9.17) is 0 Å². The van der Waals surface area contributed by atoms with Crippen molar-refractivity contribution in [3.63, 3.8) is 0 Å². The minimum atomic E-state index is 0.457. The second-order valence-electron chi connectivity index (χ2n) is 11.3. The molecule has 1 aromatic carbocycles. The maximum Gasteiger partial charge on any atom is 0.0475 e. The molecule has 34 heavy (non-hydrogen) atoms. The molecule has 0 radical (unpaired) electrons. The SMILES string of the molecule is C=CC1CC(C)C2C(=C)N(Cc3cccc(CN4C(=C)C5C(C)CC(C=C)C5C4=C)c3)C(=C)C12. The summed E-state index contributed by atoms with van der Waals surface area (Å²) in [6.07, 6.45) is 6.65. The summed E-state index contributed by atoms with van der Waals surface area (Å²) in [5.74, 6) is 4.17. The summed E-state index contributed by atoms with van der Waals surface area (Å²) in [5.41, 5.74) is 7.50. The molecule has 0 aromatic heterocycles. The number of rotatable bonds is 6. The van der Waals surface area contributed by atoms with Crippen LogP contribution in [0.25, 0.3) is 0 Å². The van der Waals surface area contributed by atoms with Gasteiger partial charge in [0, 0.05) is 59.5 Å². The first-order valence-electron chi connectivity index (χ1n) is 12.9. The van der Waals surface area contributed by atoms with Gasteiger partial charge in [-0.1, -0.05) is 76.6 Å². The smallest absolute Gasteiger partial charge is 0.0475 e.